The number of carbonyl (C=O) groups excluding carboxylic acids is 4. The minimum atomic E-state index is -5.46. The molecule has 0 aromatic rings. The fourth-order valence-electron chi connectivity index (χ4n) is 12.1. The molecule has 0 radical (unpaired) electrons. The summed E-state index contributed by atoms with van der Waals surface area (Å²) < 4.78 is 47.9. The van der Waals surface area contributed by atoms with E-state index in [4.69, 9.17) is 28.2 Å². The Morgan fingerprint density at radius 2 is 0.800 bits per heavy atom. The zero-order chi connectivity index (χ0) is 66.2. The van der Waals surface area contributed by atoms with Crippen molar-refractivity contribution in [2.75, 3.05) is 19.8 Å². The van der Waals surface area contributed by atoms with E-state index in [9.17, 15) is 64.2 Å². The minimum absolute atomic E-state index is 0.259. The van der Waals surface area contributed by atoms with Crippen LogP contribution in [0.2, 0.25) is 0 Å². The minimum Gasteiger partial charge on any atom is -0.457 e. The summed E-state index contributed by atoms with van der Waals surface area (Å²) in [6.45, 7) is 6.77. The van der Waals surface area contributed by atoms with Gasteiger partial charge in [0.25, 0.3) is 0 Å². The molecule has 0 aromatic carbocycles. The van der Waals surface area contributed by atoms with Crippen molar-refractivity contribution in [2.45, 2.75) is 390 Å². The molecule has 0 saturated carbocycles. The highest BCUT2D eigenvalue weighted by Crippen LogP contribution is 2.42. The van der Waals surface area contributed by atoms with Crippen LogP contribution in [0.1, 0.15) is 310 Å². The number of nitrogens with one attached hydrogen (secondary N) is 2. The van der Waals surface area contributed by atoms with Crippen molar-refractivity contribution in [2.24, 2.45) is 0 Å². The van der Waals surface area contributed by atoms with Gasteiger partial charge in [0.1, 0.15) is 30.5 Å². The molecule has 0 aliphatic carbocycles. The number of aliphatic hydroxyl groups is 6. The van der Waals surface area contributed by atoms with E-state index >= 15 is 0 Å². The molecule has 530 valence electrons. The highest BCUT2D eigenvalue weighted by atomic mass is 31.2. The smallest absolute Gasteiger partial charge is 0.457 e. The number of phosphoric ester groups is 1. The van der Waals surface area contributed by atoms with Crippen LogP contribution in [-0.2, 0) is 52.0 Å². The first-order valence-electron chi connectivity index (χ1n) is 36.0. The Bertz CT molecular complexity index is 1850. The van der Waals surface area contributed by atoms with E-state index in [-0.39, 0.29) is 19.4 Å². The lowest BCUT2D eigenvalue weighted by atomic mass is 9.95. The van der Waals surface area contributed by atoms with Crippen LogP contribution >= 0.6 is 7.82 Å². The molecule has 2 heterocycles. The predicted octanol–water partition coefficient (Wildman–Crippen LogP) is 11.4. The van der Waals surface area contributed by atoms with E-state index in [0.29, 0.717) is 38.5 Å². The first-order chi connectivity index (χ1) is 43.3. The van der Waals surface area contributed by atoms with Crippen LogP contribution in [0.25, 0.3) is 0 Å². The number of aliphatic hydroxyl groups excluding tert-OH is 6. The molecule has 2 aliphatic rings. The van der Waals surface area contributed by atoms with Crippen molar-refractivity contribution >= 4 is 31.6 Å². The van der Waals surface area contributed by atoms with Gasteiger partial charge in [-0.15, -0.1) is 0 Å². The molecule has 2 amide bonds. The Morgan fingerprint density at radius 1 is 0.467 bits per heavy atom. The molecule has 2 fully saturated rings. The van der Waals surface area contributed by atoms with Crippen molar-refractivity contribution in [3.05, 3.63) is 0 Å². The van der Waals surface area contributed by atoms with Crippen LogP contribution in [0.4, 0.5) is 0 Å². The Labute approximate surface area is 542 Å². The number of amides is 2. The van der Waals surface area contributed by atoms with Crippen LogP contribution < -0.4 is 10.6 Å². The van der Waals surface area contributed by atoms with Crippen molar-refractivity contribution < 1.29 is 92.4 Å². The normalized spacial score (nSPS) is 22.6. The van der Waals surface area contributed by atoms with Gasteiger partial charge < -0.3 is 74.7 Å². The largest absolute Gasteiger partial charge is 0.470 e. The first kappa shape index (κ1) is 83.7. The van der Waals surface area contributed by atoms with E-state index < -0.39 is 143 Å². The van der Waals surface area contributed by atoms with Gasteiger partial charge in [0.2, 0.25) is 11.8 Å². The van der Waals surface area contributed by atoms with E-state index in [2.05, 4.69) is 38.3 Å². The van der Waals surface area contributed by atoms with Gasteiger partial charge in [-0.1, -0.05) is 259 Å². The zero-order valence-corrected chi connectivity index (χ0v) is 57.1. The number of carbonyl (C=O) groups is 4. The average molecular weight is 1310 g/mol. The van der Waals surface area contributed by atoms with Gasteiger partial charge in [-0.2, -0.15) is 0 Å². The van der Waals surface area contributed by atoms with Gasteiger partial charge in [0.05, 0.1) is 76.0 Å². The predicted molar refractivity (Wildman–Crippen MR) is 348 cm³/mol. The van der Waals surface area contributed by atoms with Crippen LogP contribution in [-0.4, -0.2) is 163 Å². The number of unbranched alkanes of at least 4 members (excludes halogenated alkanes) is 32. The summed E-state index contributed by atoms with van der Waals surface area (Å²) in [5.74, 6) is -3.24. The molecular weight excluding hydrogens is 1180 g/mol. The molecule has 90 heavy (non-hydrogen) atoms. The summed E-state index contributed by atoms with van der Waals surface area (Å²) >= 11 is 0. The first-order valence-corrected chi connectivity index (χ1v) is 37.5. The van der Waals surface area contributed by atoms with Gasteiger partial charge in [0, 0.05) is 0 Å². The third-order valence-electron chi connectivity index (χ3n) is 17.5. The molecule has 4 unspecified atom stereocenters. The molecule has 21 nitrogen and oxygen atoms in total. The number of ether oxygens (including phenoxy) is 5. The van der Waals surface area contributed by atoms with Gasteiger partial charge in [0.15, 0.2) is 18.5 Å². The average Bonchev–Trinajstić information content (AvgIpc) is 0.854. The van der Waals surface area contributed by atoms with Crippen LogP contribution in [0.3, 0.4) is 0 Å². The fraction of sp³-hybridized carbons (Fsp3) is 0.941. The molecule has 2 aliphatic heterocycles. The number of hydrogen-bond acceptors (Lipinski definition) is 17. The highest BCUT2D eigenvalue weighted by Gasteiger charge is 2.53. The zero-order valence-electron chi connectivity index (χ0n) is 56.3. The number of hydrogen-bond donors (Lipinski definition) is 10. The molecule has 0 spiro atoms. The third-order valence-corrected chi connectivity index (χ3v) is 18.1. The second-order valence-corrected chi connectivity index (χ2v) is 27.3. The molecular formula is C68H129N2O19P. The summed E-state index contributed by atoms with van der Waals surface area (Å²) in [6.07, 6.45) is 21.8. The summed E-state index contributed by atoms with van der Waals surface area (Å²) in [6, 6.07) is -2.81. The van der Waals surface area contributed by atoms with Crippen LogP contribution in [0.5, 0.6) is 0 Å². The third kappa shape index (κ3) is 40.8. The molecule has 2 saturated heterocycles. The second kappa shape index (κ2) is 52.9. The lowest BCUT2D eigenvalue weighted by molar-refractivity contribution is -0.282. The maximum Gasteiger partial charge on any atom is 0.470 e. The fourth-order valence-corrected chi connectivity index (χ4v) is 12.7. The summed E-state index contributed by atoms with van der Waals surface area (Å²) in [5.41, 5.74) is 0. The molecule has 10 N–H and O–H groups in total. The summed E-state index contributed by atoms with van der Waals surface area (Å²) in [4.78, 5) is 75.3. The number of esters is 2. The Hall–Kier alpha value is -2.37. The van der Waals surface area contributed by atoms with Gasteiger partial charge >= 0.3 is 19.8 Å². The quantitative estimate of drug-likeness (QED) is 0.0154. The SMILES string of the molecule is CCCCCCCCCCC[C@@H](O)CC(=O)NC1COC(CO[C@@H]2OC(CO)[C@@H](OP(=O)(O)O)[C@H](OC(=O)C[C@H](O)CCCCCCCCCCC)C2NC(=O)C[C@H](O)CCCCCCCCCCC)[C@@H](O)[C@@H]1OC(=O)C[C@H](O)CCCCCCCCCCC. The van der Waals surface area contributed by atoms with Crippen molar-refractivity contribution in [1.29, 1.82) is 0 Å². The molecule has 0 bridgehead atoms. The monoisotopic (exact) mass is 1310 g/mol. The second-order valence-electron chi connectivity index (χ2n) is 26.1. The maximum absolute atomic E-state index is 14.0. The summed E-state index contributed by atoms with van der Waals surface area (Å²) in [7, 11) is -5.46. The van der Waals surface area contributed by atoms with Crippen LogP contribution in [0.15, 0.2) is 0 Å². The Morgan fingerprint density at radius 3 is 1.16 bits per heavy atom. The standard InChI is InChI=1S/C68H129N2O19P/c1-5-9-13-17-21-25-29-33-37-41-52(72)45-59(76)69-56-50-84-58(64(80)65(56)87-61(78)47-54(74)43-39-35-31-27-23-19-15-11-7-3)51-85-68-63(70-60(77)46-53(73)42-38-34-30-26-22-18-14-10-6-2)67(66(57(49-71)86-68)89-90(81,82)83)88-62(79)48-55(75)44-40-36-32-28-24-20-16-12-8-4/h52-58,63-68,71-75,80H,5-51H2,1-4H3,(H,69,76)(H,70,77)(H2,81,82,83)/t52-,53-,54-,55-,56?,57?,58?,63?,64-,65-,66-,67-,68-/m1/s1. The van der Waals surface area contributed by atoms with Crippen molar-refractivity contribution in [3.63, 3.8) is 0 Å². The topological polar surface area (TPSA) is 327 Å². The Kier molecular flexibility index (Phi) is 49.2. The summed E-state index contributed by atoms with van der Waals surface area (Å²) in [5, 5.41) is 72.1. The van der Waals surface area contributed by atoms with Gasteiger partial charge in [-0.05, 0) is 25.7 Å². The van der Waals surface area contributed by atoms with Gasteiger partial charge in [-0.25, -0.2) is 4.57 Å². The number of rotatable bonds is 58. The molecule has 13 atom stereocenters. The molecule has 2 rings (SSSR count). The lowest BCUT2D eigenvalue weighted by Crippen LogP contribution is -2.67. The van der Waals surface area contributed by atoms with Crippen molar-refractivity contribution in [3.8, 4) is 0 Å². The molecule has 22 heteroatoms. The van der Waals surface area contributed by atoms with E-state index in [1.807, 2.05) is 0 Å². The van der Waals surface area contributed by atoms with E-state index in [1.165, 1.54) is 96.3 Å². The number of phosphoric acid groups is 1. The van der Waals surface area contributed by atoms with E-state index in [1.54, 1.807) is 0 Å². The highest BCUT2D eigenvalue weighted by molar-refractivity contribution is 7.46. The van der Waals surface area contributed by atoms with Crippen LogP contribution in [0, 0.1) is 0 Å². The maximum atomic E-state index is 14.0. The van der Waals surface area contributed by atoms with E-state index in [0.717, 1.165) is 116 Å². The van der Waals surface area contributed by atoms with Gasteiger partial charge in [-0.3, -0.25) is 23.7 Å². The lowest BCUT2D eigenvalue weighted by Gasteiger charge is -2.46. The Balaban J connectivity index is 2.37. The van der Waals surface area contributed by atoms with Crippen molar-refractivity contribution in [1.82, 2.24) is 10.6 Å². The molecule has 0 aromatic heterocycles.